The van der Waals surface area contributed by atoms with Gasteiger partial charge in [-0.3, -0.25) is 4.90 Å². The van der Waals surface area contributed by atoms with E-state index < -0.39 is 11.7 Å². The number of pyridine rings is 1. The fourth-order valence-electron chi connectivity index (χ4n) is 3.53. The van der Waals surface area contributed by atoms with E-state index in [2.05, 4.69) is 15.2 Å². The van der Waals surface area contributed by atoms with Gasteiger partial charge in [0.25, 0.3) is 0 Å². The maximum absolute atomic E-state index is 12.8. The number of nitrogens with zero attached hydrogens (tertiary/aromatic N) is 4. The van der Waals surface area contributed by atoms with Crippen LogP contribution in [0.1, 0.15) is 18.4 Å². The van der Waals surface area contributed by atoms with E-state index in [-0.39, 0.29) is 11.1 Å². The maximum atomic E-state index is 12.8. The molecule has 30 heavy (non-hydrogen) atoms. The minimum Gasteiger partial charge on any atom is -0.379 e. The zero-order valence-electron chi connectivity index (χ0n) is 16.8. The van der Waals surface area contributed by atoms with E-state index >= 15 is 0 Å². The second-order valence-corrected chi connectivity index (χ2v) is 7.80. The first-order chi connectivity index (χ1) is 14.3. The number of alkyl halides is 3. The molecule has 0 aliphatic carbocycles. The highest BCUT2D eigenvalue weighted by Crippen LogP contribution is 2.33. The molecule has 0 aromatic carbocycles. The molecule has 0 radical (unpaired) electrons. The second-order valence-electron chi connectivity index (χ2n) is 7.39. The third-order valence-electron chi connectivity index (χ3n) is 5.30. The molecule has 168 valence electrons. The Kier molecular flexibility index (Phi) is 8.01. The fraction of sp³-hybridized carbons (Fsp3) is 0.684. The Morgan fingerprint density at radius 2 is 1.83 bits per heavy atom. The molecule has 0 atom stereocenters. The molecule has 1 aromatic rings. The number of aromatic nitrogens is 1. The summed E-state index contributed by atoms with van der Waals surface area (Å²) in [5, 5.41) is 2.90. The first kappa shape index (κ1) is 22.9. The molecule has 7 nitrogen and oxygen atoms in total. The average molecular weight is 450 g/mol. The number of carbonyl (C=O) groups excluding carboxylic acids is 1. The Bertz CT molecular complexity index is 708. The van der Waals surface area contributed by atoms with E-state index in [0.29, 0.717) is 38.5 Å². The van der Waals surface area contributed by atoms with Gasteiger partial charge >= 0.3 is 12.2 Å². The van der Waals surface area contributed by atoms with Crippen molar-refractivity contribution in [2.75, 3.05) is 70.5 Å². The number of halogens is 4. The van der Waals surface area contributed by atoms with Crippen LogP contribution in [0.4, 0.5) is 23.8 Å². The van der Waals surface area contributed by atoms with Gasteiger partial charge in [-0.15, -0.1) is 0 Å². The smallest absolute Gasteiger partial charge is 0.379 e. The molecular weight excluding hydrogens is 423 g/mol. The van der Waals surface area contributed by atoms with E-state index in [9.17, 15) is 18.0 Å². The van der Waals surface area contributed by atoms with E-state index in [4.69, 9.17) is 16.3 Å². The van der Waals surface area contributed by atoms with Crippen LogP contribution in [-0.4, -0.2) is 86.4 Å². The summed E-state index contributed by atoms with van der Waals surface area (Å²) < 4.78 is 43.6. The summed E-state index contributed by atoms with van der Waals surface area (Å²) in [6, 6.07) is 0.771. The van der Waals surface area contributed by atoms with Gasteiger partial charge < -0.3 is 19.9 Å². The molecule has 3 heterocycles. The van der Waals surface area contributed by atoms with Gasteiger partial charge in [-0.05, 0) is 25.5 Å². The Hall–Kier alpha value is -1.78. The maximum Gasteiger partial charge on any atom is 0.417 e. The summed E-state index contributed by atoms with van der Waals surface area (Å²) >= 11 is 6.01. The average Bonchev–Trinajstić information content (AvgIpc) is 2.73. The molecule has 1 aromatic heterocycles. The minimum absolute atomic E-state index is 0.0389. The SMILES string of the molecule is O=C(NCCCCN1CCOCC1)N1CCN(c2ncc(C(F)(F)F)cc2Cl)CC1. The molecule has 2 amide bonds. The number of rotatable bonds is 6. The van der Waals surface area contributed by atoms with Crippen molar-refractivity contribution in [2.45, 2.75) is 19.0 Å². The van der Waals surface area contributed by atoms with Gasteiger partial charge in [0.15, 0.2) is 0 Å². The number of unbranched alkanes of at least 4 members (excludes halogenated alkanes) is 1. The molecule has 0 spiro atoms. The summed E-state index contributed by atoms with van der Waals surface area (Å²) in [6.45, 7) is 6.98. The van der Waals surface area contributed by atoms with E-state index in [1.54, 1.807) is 9.80 Å². The molecule has 3 rings (SSSR count). The lowest BCUT2D eigenvalue weighted by Gasteiger charge is -2.35. The summed E-state index contributed by atoms with van der Waals surface area (Å²) in [5.74, 6) is 0.313. The van der Waals surface area contributed by atoms with Crippen LogP contribution < -0.4 is 10.2 Å². The van der Waals surface area contributed by atoms with Crippen molar-refractivity contribution < 1.29 is 22.7 Å². The molecule has 2 fully saturated rings. The molecule has 0 saturated carbocycles. The number of nitrogens with one attached hydrogen (secondary N) is 1. The topological polar surface area (TPSA) is 60.9 Å². The number of piperazine rings is 1. The number of hydrogen-bond donors (Lipinski definition) is 1. The van der Waals surface area contributed by atoms with E-state index in [1.165, 1.54) is 0 Å². The number of ether oxygens (including phenoxy) is 1. The molecule has 2 aliphatic rings. The lowest BCUT2D eigenvalue weighted by Crippen LogP contribution is -2.52. The van der Waals surface area contributed by atoms with Crippen LogP contribution in [0.25, 0.3) is 0 Å². The van der Waals surface area contributed by atoms with Crippen LogP contribution in [0.3, 0.4) is 0 Å². The molecule has 2 saturated heterocycles. The van der Waals surface area contributed by atoms with Crippen molar-refractivity contribution in [1.29, 1.82) is 0 Å². The first-order valence-electron chi connectivity index (χ1n) is 10.1. The Labute approximate surface area is 179 Å². The predicted molar refractivity (Wildman–Crippen MR) is 108 cm³/mol. The number of anilines is 1. The van der Waals surface area contributed by atoms with Gasteiger partial charge in [-0.25, -0.2) is 9.78 Å². The molecule has 11 heteroatoms. The van der Waals surface area contributed by atoms with Crippen LogP contribution in [-0.2, 0) is 10.9 Å². The van der Waals surface area contributed by atoms with Crippen molar-refractivity contribution in [2.24, 2.45) is 0 Å². The van der Waals surface area contributed by atoms with Gasteiger partial charge in [0, 0.05) is 52.0 Å². The number of morpholine rings is 1. The summed E-state index contributed by atoms with van der Waals surface area (Å²) in [7, 11) is 0. The Balaban J connectivity index is 1.37. The van der Waals surface area contributed by atoms with Crippen LogP contribution in [0, 0.1) is 0 Å². The van der Waals surface area contributed by atoms with Crippen LogP contribution in [0.2, 0.25) is 5.02 Å². The zero-order chi connectivity index (χ0) is 21.6. The standard InChI is InChI=1S/C19H27ClF3N5O2/c20-16-13-15(19(21,22)23)14-25-17(16)27-5-7-28(8-6-27)18(29)24-3-1-2-4-26-9-11-30-12-10-26/h13-14H,1-12H2,(H,24,29). The predicted octanol–water partition coefficient (Wildman–Crippen LogP) is 2.70. The number of carbonyl (C=O) groups is 1. The first-order valence-corrected chi connectivity index (χ1v) is 10.5. The molecule has 0 unspecified atom stereocenters. The number of hydrogen-bond acceptors (Lipinski definition) is 5. The normalized spacial score (nSPS) is 18.5. The van der Waals surface area contributed by atoms with Crippen LogP contribution in [0.5, 0.6) is 0 Å². The molecule has 1 N–H and O–H groups in total. The third kappa shape index (κ3) is 6.36. The van der Waals surface area contributed by atoms with E-state index in [1.807, 2.05) is 0 Å². The number of amides is 2. The Morgan fingerprint density at radius 1 is 1.13 bits per heavy atom. The van der Waals surface area contributed by atoms with E-state index in [0.717, 1.165) is 58.0 Å². The molecule has 0 bridgehead atoms. The lowest BCUT2D eigenvalue weighted by atomic mass is 10.2. The Morgan fingerprint density at radius 3 is 2.47 bits per heavy atom. The van der Waals surface area contributed by atoms with Gasteiger partial charge in [-0.1, -0.05) is 11.6 Å². The highest BCUT2D eigenvalue weighted by Gasteiger charge is 2.32. The van der Waals surface area contributed by atoms with Crippen LogP contribution >= 0.6 is 11.6 Å². The van der Waals surface area contributed by atoms with Gasteiger partial charge in [0.1, 0.15) is 5.82 Å². The number of urea groups is 1. The van der Waals surface area contributed by atoms with Gasteiger partial charge in [-0.2, -0.15) is 13.2 Å². The summed E-state index contributed by atoms with van der Waals surface area (Å²) in [4.78, 5) is 22.1. The van der Waals surface area contributed by atoms with Crippen molar-refractivity contribution in [3.8, 4) is 0 Å². The van der Waals surface area contributed by atoms with Crippen LogP contribution in [0.15, 0.2) is 12.3 Å². The fourth-order valence-corrected chi connectivity index (χ4v) is 3.82. The summed E-state index contributed by atoms with van der Waals surface area (Å²) in [5.41, 5.74) is -0.872. The lowest BCUT2D eigenvalue weighted by molar-refractivity contribution is -0.137. The van der Waals surface area contributed by atoms with Gasteiger partial charge in [0.2, 0.25) is 0 Å². The largest absolute Gasteiger partial charge is 0.417 e. The van der Waals surface area contributed by atoms with Crippen molar-refractivity contribution in [1.82, 2.24) is 20.1 Å². The molecular formula is C19H27ClF3N5O2. The zero-order valence-corrected chi connectivity index (χ0v) is 17.5. The quantitative estimate of drug-likeness (QED) is 0.677. The highest BCUT2D eigenvalue weighted by atomic mass is 35.5. The summed E-state index contributed by atoms with van der Waals surface area (Å²) in [6.07, 6.45) is -1.76. The minimum atomic E-state index is -4.48. The third-order valence-corrected chi connectivity index (χ3v) is 5.57. The van der Waals surface area contributed by atoms with Gasteiger partial charge in [0.05, 0.1) is 23.8 Å². The highest BCUT2D eigenvalue weighted by molar-refractivity contribution is 6.33. The van der Waals surface area contributed by atoms with Crippen molar-refractivity contribution in [3.05, 3.63) is 22.8 Å². The van der Waals surface area contributed by atoms with Crippen molar-refractivity contribution in [3.63, 3.8) is 0 Å². The van der Waals surface area contributed by atoms with Crippen molar-refractivity contribution >= 4 is 23.4 Å². The molecule has 2 aliphatic heterocycles. The monoisotopic (exact) mass is 449 g/mol. The second kappa shape index (κ2) is 10.5.